The third kappa shape index (κ3) is 9.13. The van der Waals surface area contributed by atoms with Crippen molar-refractivity contribution < 1.29 is 9.47 Å². The van der Waals surface area contributed by atoms with Crippen molar-refractivity contribution in [3.8, 4) is 0 Å². The molecule has 0 aliphatic rings. The molecule has 0 heterocycles. The number of ether oxygens (including phenoxy) is 2. The van der Waals surface area contributed by atoms with Crippen molar-refractivity contribution in [2.75, 3.05) is 26.9 Å². The van der Waals surface area contributed by atoms with E-state index in [1.165, 1.54) is 25.7 Å². The van der Waals surface area contributed by atoms with Crippen LogP contribution in [0.2, 0.25) is 0 Å². The fourth-order valence-corrected chi connectivity index (χ4v) is 1.85. The maximum Gasteiger partial charge on any atom is 0.0701 e. The molecule has 0 fully saturated rings. The van der Waals surface area contributed by atoms with E-state index in [1.54, 1.807) is 7.11 Å². The molecule has 0 spiro atoms. The summed E-state index contributed by atoms with van der Waals surface area (Å²) in [4.78, 5) is 0. The summed E-state index contributed by atoms with van der Waals surface area (Å²) in [5, 5.41) is 0. The third-order valence-electron chi connectivity index (χ3n) is 2.94. The van der Waals surface area contributed by atoms with Crippen LogP contribution in [0.15, 0.2) is 0 Å². The van der Waals surface area contributed by atoms with Crippen LogP contribution >= 0.6 is 0 Å². The molecule has 0 aliphatic heterocycles. The lowest BCUT2D eigenvalue weighted by molar-refractivity contribution is 0.0602. The van der Waals surface area contributed by atoms with Gasteiger partial charge in [0.15, 0.2) is 0 Å². The Bertz CT molecular complexity index is 142. The van der Waals surface area contributed by atoms with Crippen molar-refractivity contribution in [2.45, 2.75) is 52.0 Å². The van der Waals surface area contributed by atoms with Gasteiger partial charge in [-0.2, -0.15) is 0 Å². The molecule has 0 bridgehead atoms. The summed E-state index contributed by atoms with van der Waals surface area (Å²) < 4.78 is 10.3. The van der Waals surface area contributed by atoms with Crippen LogP contribution in [0.3, 0.4) is 0 Å². The minimum Gasteiger partial charge on any atom is -0.382 e. The van der Waals surface area contributed by atoms with Crippen molar-refractivity contribution in [1.29, 1.82) is 0 Å². The van der Waals surface area contributed by atoms with Crippen LogP contribution in [0.25, 0.3) is 0 Å². The molecular weight excluding hydrogens is 202 g/mol. The van der Waals surface area contributed by atoms with E-state index in [0.29, 0.717) is 19.8 Å². The highest BCUT2D eigenvalue weighted by Gasteiger charge is 2.11. The second-order valence-corrected chi connectivity index (χ2v) is 4.48. The van der Waals surface area contributed by atoms with Crippen LogP contribution in [-0.2, 0) is 9.47 Å². The van der Waals surface area contributed by atoms with E-state index in [4.69, 9.17) is 15.2 Å². The van der Waals surface area contributed by atoms with Crippen molar-refractivity contribution in [3.63, 3.8) is 0 Å². The van der Waals surface area contributed by atoms with E-state index in [-0.39, 0.29) is 6.04 Å². The molecule has 0 aromatic carbocycles. The molecule has 3 heteroatoms. The van der Waals surface area contributed by atoms with E-state index < -0.39 is 0 Å². The van der Waals surface area contributed by atoms with Crippen molar-refractivity contribution in [2.24, 2.45) is 11.7 Å². The largest absolute Gasteiger partial charge is 0.382 e. The zero-order valence-electron chi connectivity index (χ0n) is 11.2. The molecule has 16 heavy (non-hydrogen) atoms. The number of rotatable bonds is 11. The van der Waals surface area contributed by atoms with E-state index in [0.717, 1.165) is 12.3 Å². The Hall–Kier alpha value is -0.120. The molecule has 2 N–H and O–H groups in total. The molecule has 0 radical (unpaired) electrons. The van der Waals surface area contributed by atoms with Gasteiger partial charge >= 0.3 is 0 Å². The highest BCUT2D eigenvalue weighted by molar-refractivity contribution is 4.67. The number of methoxy groups -OCH3 is 1. The number of unbranched alkanes of at least 4 members (excludes halogenated alkanes) is 1. The molecular formula is C13H29NO2. The third-order valence-corrected chi connectivity index (χ3v) is 2.94. The number of hydrogen-bond acceptors (Lipinski definition) is 3. The Morgan fingerprint density at radius 3 is 2.50 bits per heavy atom. The summed E-state index contributed by atoms with van der Waals surface area (Å²) >= 11 is 0. The Morgan fingerprint density at radius 2 is 1.94 bits per heavy atom. The second kappa shape index (κ2) is 11.4. The van der Waals surface area contributed by atoms with Gasteiger partial charge in [-0.05, 0) is 12.3 Å². The molecule has 3 nitrogen and oxygen atoms in total. The zero-order valence-corrected chi connectivity index (χ0v) is 11.2. The SMILES string of the molecule is CCCCC(CC)CC(N)COCCOC. The van der Waals surface area contributed by atoms with Crippen molar-refractivity contribution >= 4 is 0 Å². The predicted octanol–water partition coefficient (Wildman–Crippen LogP) is 2.58. The first-order chi connectivity index (χ1) is 7.74. The maximum atomic E-state index is 6.04. The molecule has 0 saturated carbocycles. The Morgan fingerprint density at radius 1 is 1.19 bits per heavy atom. The summed E-state index contributed by atoms with van der Waals surface area (Å²) in [6, 6.07) is 0.179. The van der Waals surface area contributed by atoms with Gasteiger partial charge in [0.1, 0.15) is 0 Å². The monoisotopic (exact) mass is 231 g/mol. The minimum atomic E-state index is 0.179. The van der Waals surface area contributed by atoms with Crippen LogP contribution in [0.4, 0.5) is 0 Å². The Labute approximate surface area is 101 Å². The van der Waals surface area contributed by atoms with E-state index >= 15 is 0 Å². The Balaban J connectivity index is 3.53. The standard InChI is InChI=1S/C13H29NO2/c1-4-6-7-12(5-2)10-13(14)11-16-9-8-15-3/h12-13H,4-11,14H2,1-3H3. The molecule has 0 aromatic rings. The van der Waals surface area contributed by atoms with Crippen LogP contribution in [0, 0.1) is 5.92 Å². The van der Waals surface area contributed by atoms with Crippen LogP contribution in [0.5, 0.6) is 0 Å². The van der Waals surface area contributed by atoms with Gasteiger partial charge in [0.05, 0.1) is 19.8 Å². The molecule has 98 valence electrons. The summed E-state index contributed by atoms with van der Waals surface area (Å²) in [5.41, 5.74) is 6.04. The molecule has 0 rings (SSSR count). The smallest absolute Gasteiger partial charge is 0.0701 e. The molecule has 2 unspecified atom stereocenters. The van der Waals surface area contributed by atoms with Gasteiger partial charge in [-0.3, -0.25) is 0 Å². The fourth-order valence-electron chi connectivity index (χ4n) is 1.85. The first-order valence-electron chi connectivity index (χ1n) is 6.56. The Kier molecular flexibility index (Phi) is 11.3. The lowest BCUT2D eigenvalue weighted by atomic mass is 9.93. The second-order valence-electron chi connectivity index (χ2n) is 4.48. The number of nitrogens with two attached hydrogens (primary N) is 1. The highest BCUT2D eigenvalue weighted by Crippen LogP contribution is 2.17. The first-order valence-corrected chi connectivity index (χ1v) is 6.56. The van der Waals surface area contributed by atoms with Gasteiger partial charge in [0.2, 0.25) is 0 Å². The van der Waals surface area contributed by atoms with Gasteiger partial charge in [-0.25, -0.2) is 0 Å². The topological polar surface area (TPSA) is 44.5 Å². The minimum absolute atomic E-state index is 0.179. The van der Waals surface area contributed by atoms with E-state index in [1.807, 2.05) is 0 Å². The van der Waals surface area contributed by atoms with E-state index in [9.17, 15) is 0 Å². The summed E-state index contributed by atoms with van der Waals surface area (Å²) in [7, 11) is 1.68. The first kappa shape index (κ1) is 15.9. The highest BCUT2D eigenvalue weighted by atomic mass is 16.5. The predicted molar refractivity (Wildman–Crippen MR) is 68.6 cm³/mol. The van der Waals surface area contributed by atoms with Gasteiger partial charge in [0.25, 0.3) is 0 Å². The summed E-state index contributed by atoms with van der Waals surface area (Å²) in [6.07, 6.45) is 6.21. The average Bonchev–Trinajstić information content (AvgIpc) is 2.30. The quantitative estimate of drug-likeness (QED) is 0.556. The number of hydrogen-bond donors (Lipinski definition) is 1. The average molecular weight is 231 g/mol. The van der Waals surface area contributed by atoms with Crippen LogP contribution in [0.1, 0.15) is 46.0 Å². The van der Waals surface area contributed by atoms with Gasteiger partial charge in [-0.15, -0.1) is 0 Å². The lowest BCUT2D eigenvalue weighted by Gasteiger charge is -2.19. The molecule has 0 saturated heterocycles. The van der Waals surface area contributed by atoms with E-state index in [2.05, 4.69) is 13.8 Å². The zero-order chi connectivity index (χ0) is 12.2. The van der Waals surface area contributed by atoms with Crippen molar-refractivity contribution in [3.05, 3.63) is 0 Å². The summed E-state index contributed by atoms with van der Waals surface area (Å²) in [5.74, 6) is 0.765. The van der Waals surface area contributed by atoms with Crippen LogP contribution in [-0.4, -0.2) is 33.0 Å². The van der Waals surface area contributed by atoms with Crippen LogP contribution < -0.4 is 5.73 Å². The normalized spacial score (nSPS) is 15.0. The van der Waals surface area contributed by atoms with Gasteiger partial charge in [-0.1, -0.05) is 39.5 Å². The molecule has 0 aromatic heterocycles. The fraction of sp³-hybridized carbons (Fsp3) is 1.00. The summed E-state index contributed by atoms with van der Waals surface area (Å²) in [6.45, 7) is 6.45. The van der Waals surface area contributed by atoms with Crippen molar-refractivity contribution in [1.82, 2.24) is 0 Å². The molecule has 2 atom stereocenters. The molecule has 0 aliphatic carbocycles. The van der Waals surface area contributed by atoms with Gasteiger partial charge < -0.3 is 15.2 Å². The maximum absolute atomic E-state index is 6.04. The van der Waals surface area contributed by atoms with Gasteiger partial charge in [0, 0.05) is 13.2 Å². The molecule has 0 amide bonds. The lowest BCUT2D eigenvalue weighted by Crippen LogP contribution is -2.29.